The van der Waals surface area contributed by atoms with Gasteiger partial charge < -0.3 is 0 Å². The minimum Gasteiger partial charge on any atom is -0.0683 e. The number of hydrogen-bond donors (Lipinski definition) is 0. The topological polar surface area (TPSA) is 0 Å². The molecule has 0 aromatic heterocycles. The molecule has 0 aliphatic heterocycles. The first-order chi connectivity index (χ1) is 17.3. The van der Waals surface area contributed by atoms with Gasteiger partial charge in [0.05, 0.1) is 0 Å². The molecule has 0 radical (unpaired) electrons. The third-order valence-electron chi connectivity index (χ3n) is 7.60. The lowest BCUT2D eigenvalue weighted by Gasteiger charge is -2.45. The van der Waals surface area contributed by atoms with Crippen LogP contribution >= 0.6 is 7.92 Å². The van der Waals surface area contributed by atoms with Gasteiger partial charge in [-0.1, -0.05) is 131 Å². The van der Waals surface area contributed by atoms with Gasteiger partial charge in [-0.3, -0.25) is 0 Å². The van der Waals surface area contributed by atoms with E-state index in [1.807, 2.05) is 27.7 Å². The Morgan fingerprint density at radius 1 is 0.500 bits per heavy atom. The van der Waals surface area contributed by atoms with E-state index in [0.29, 0.717) is 17.8 Å². The van der Waals surface area contributed by atoms with Gasteiger partial charge in [0.1, 0.15) is 0 Å². The first-order valence-corrected chi connectivity index (χ1v) is 16.7. The van der Waals surface area contributed by atoms with Crippen LogP contribution in [0.3, 0.4) is 0 Å². The van der Waals surface area contributed by atoms with Crippen molar-refractivity contribution in [1.29, 1.82) is 0 Å². The van der Waals surface area contributed by atoms with Gasteiger partial charge in [0.2, 0.25) is 0 Å². The minimum absolute atomic E-state index is 0.217. The van der Waals surface area contributed by atoms with E-state index in [-0.39, 0.29) is 10.3 Å². The predicted octanol–water partition coefficient (Wildman–Crippen LogP) is 12.7. The summed E-state index contributed by atoms with van der Waals surface area (Å²) in [5.41, 5.74) is 13.6. The SMILES string of the molecule is CC.CC.Cc1c(C)c(C)c(P(C(C)(C)C)C(C)(C)C)c(-c2c(C(C)C)cc(C(C)C)cc2C(C)C)c1C. The van der Waals surface area contributed by atoms with Crippen molar-refractivity contribution in [2.24, 2.45) is 0 Å². The zero-order valence-electron chi connectivity index (χ0n) is 29.3. The van der Waals surface area contributed by atoms with Crippen LogP contribution < -0.4 is 5.30 Å². The van der Waals surface area contributed by atoms with E-state index in [9.17, 15) is 0 Å². The molecule has 38 heavy (non-hydrogen) atoms. The standard InChI is InChI=1S/C33H53P.2C2H6/c1-19(2)26-17-27(20(3)4)30(28(18-26)21(5)6)29-24(9)22(7)23(8)25(10)31(29)34(32(11,12)13)33(14,15)16;2*1-2/h17-21H,1-16H3;2*1-2H3. The van der Waals surface area contributed by atoms with E-state index >= 15 is 0 Å². The van der Waals surface area contributed by atoms with Gasteiger partial charge in [-0.2, -0.15) is 0 Å². The largest absolute Gasteiger partial charge is 0.0683 e. The smallest absolute Gasteiger partial charge is 0.00660 e. The fourth-order valence-electron chi connectivity index (χ4n) is 5.80. The average molecular weight is 541 g/mol. The quantitative estimate of drug-likeness (QED) is 0.331. The van der Waals surface area contributed by atoms with Crippen LogP contribution in [-0.2, 0) is 0 Å². The van der Waals surface area contributed by atoms with Crippen molar-refractivity contribution in [1.82, 2.24) is 0 Å². The van der Waals surface area contributed by atoms with Gasteiger partial charge in [-0.25, -0.2) is 0 Å². The van der Waals surface area contributed by atoms with Gasteiger partial charge >= 0.3 is 0 Å². The average Bonchev–Trinajstić information content (AvgIpc) is 2.81. The Morgan fingerprint density at radius 3 is 1.13 bits per heavy atom. The molecule has 0 atom stereocenters. The molecule has 0 aliphatic carbocycles. The first kappa shape index (κ1) is 36.9. The van der Waals surface area contributed by atoms with Crippen molar-refractivity contribution in [2.75, 3.05) is 0 Å². The summed E-state index contributed by atoms with van der Waals surface area (Å²) in [5.74, 6) is 1.50. The molecule has 2 rings (SSSR count). The Bertz CT molecular complexity index is 993. The van der Waals surface area contributed by atoms with Crippen LogP contribution in [0.1, 0.15) is 167 Å². The van der Waals surface area contributed by atoms with Gasteiger partial charge in [-0.05, 0) is 111 Å². The molecule has 0 unspecified atom stereocenters. The highest BCUT2D eigenvalue weighted by Crippen LogP contribution is 2.61. The lowest BCUT2D eigenvalue weighted by atomic mass is 9.79. The summed E-state index contributed by atoms with van der Waals surface area (Å²) in [6.07, 6.45) is 0. The lowest BCUT2D eigenvalue weighted by molar-refractivity contribution is 0.714. The van der Waals surface area contributed by atoms with Crippen molar-refractivity contribution >= 4 is 13.2 Å². The molecule has 0 heterocycles. The zero-order chi connectivity index (χ0) is 30.5. The van der Waals surface area contributed by atoms with E-state index in [1.54, 1.807) is 10.9 Å². The van der Waals surface area contributed by atoms with Crippen molar-refractivity contribution in [2.45, 2.75) is 167 Å². The normalized spacial score (nSPS) is 12.1. The highest BCUT2D eigenvalue weighted by molar-refractivity contribution is 7.69. The van der Waals surface area contributed by atoms with Crippen molar-refractivity contribution < 1.29 is 0 Å². The minimum atomic E-state index is -0.431. The summed E-state index contributed by atoms with van der Waals surface area (Å²) in [4.78, 5) is 0. The molecule has 0 saturated carbocycles. The maximum Gasteiger partial charge on any atom is -0.00660 e. The van der Waals surface area contributed by atoms with E-state index in [0.717, 1.165) is 0 Å². The van der Waals surface area contributed by atoms with Gasteiger partial charge in [0, 0.05) is 0 Å². The molecule has 0 N–H and O–H groups in total. The van der Waals surface area contributed by atoms with Crippen LogP contribution in [0.4, 0.5) is 0 Å². The molecule has 0 amide bonds. The molecule has 0 nitrogen and oxygen atoms in total. The first-order valence-electron chi connectivity index (χ1n) is 15.4. The Labute approximate surface area is 241 Å². The molecule has 2 aromatic rings. The van der Waals surface area contributed by atoms with Crippen LogP contribution in [0.2, 0.25) is 0 Å². The summed E-state index contributed by atoms with van der Waals surface area (Å²) in [6.45, 7) is 46.5. The van der Waals surface area contributed by atoms with Crippen LogP contribution in [0.25, 0.3) is 11.1 Å². The second-order valence-corrected chi connectivity index (χ2v) is 17.2. The molecular formula is C37H65P. The Hall–Kier alpha value is -1.13. The van der Waals surface area contributed by atoms with Gasteiger partial charge in [-0.15, -0.1) is 0 Å². The fourth-order valence-corrected chi connectivity index (χ4v) is 10.2. The zero-order valence-corrected chi connectivity index (χ0v) is 30.2. The molecule has 0 aliphatic rings. The second-order valence-electron chi connectivity index (χ2n) is 13.4. The molecule has 1 heteroatoms. The molecule has 0 spiro atoms. The summed E-state index contributed by atoms with van der Waals surface area (Å²) >= 11 is 0. The molecule has 0 bridgehead atoms. The van der Waals surface area contributed by atoms with Crippen molar-refractivity contribution in [3.63, 3.8) is 0 Å². The molecule has 2 aromatic carbocycles. The van der Waals surface area contributed by atoms with Crippen molar-refractivity contribution in [3.8, 4) is 11.1 Å². The van der Waals surface area contributed by atoms with E-state index in [4.69, 9.17) is 0 Å². The summed E-state index contributed by atoms with van der Waals surface area (Å²) in [6, 6.07) is 5.06. The number of benzene rings is 2. The number of hydrogen-bond acceptors (Lipinski definition) is 0. The van der Waals surface area contributed by atoms with Crippen LogP contribution in [-0.4, -0.2) is 10.3 Å². The molecule has 0 saturated heterocycles. The highest BCUT2D eigenvalue weighted by Gasteiger charge is 2.39. The Balaban J connectivity index is 0.00000326. The maximum atomic E-state index is 2.53. The van der Waals surface area contributed by atoms with E-state index in [2.05, 4.69) is 123 Å². The molecule has 218 valence electrons. The lowest BCUT2D eigenvalue weighted by Crippen LogP contribution is -2.34. The van der Waals surface area contributed by atoms with E-state index < -0.39 is 7.92 Å². The highest BCUT2D eigenvalue weighted by atomic mass is 31.1. The Morgan fingerprint density at radius 2 is 0.842 bits per heavy atom. The van der Waals surface area contributed by atoms with Crippen LogP contribution in [0.15, 0.2) is 12.1 Å². The predicted molar refractivity (Wildman–Crippen MR) is 182 cm³/mol. The van der Waals surface area contributed by atoms with Gasteiger partial charge in [0.25, 0.3) is 0 Å². The molecular weight excluding hydrogens is 475 g/mol. The van der Waals surface area contributed by atoms with E-state index in [1.165, 1.54) is 44.5 Å². The second kappa shape index (κ2) is 14.5. The third-order valence-corrected chi connectivity index (χ3v) is 11.3. The fraction of sp³-hybridized carbons (Fsp3) is 0.676. The van der Waals surface area contributed by atoms with Gasteiger partial charge in [0.15, 0.2) is 0 Å². The van der Waals surface area contributed by atoms with Crippen molar-refractivity contribution in [3.05, 3.63) is 51.1 Å². The van der Waals surface area contributed by atoms with Crippen LogP contribution in [0.5, 0.6) is 0 Å². The molecule has 0 fully saturated rings. The summed E-state index contributed by atoms with van der Waals surface area (Å²) < 4.78 is 0. The summed E-state index contributed by atoms with van der Waals surface area (Å²) in [7, 11) is -0.431. The maximum absolute atomic E-state index is 2.53. The number of rotatable bonds is 5. The monoisotopic (exact) mass is 540 g/mol. The van der Waals surface area contributed by atoms with Crippen LogP contribution in [0, 0.1) is 27.7 Å². The summed E-state index contributed by atoms with van der Waals surface area (Å²) in [5, 5.41) is 2.08. The Kier molecular flexibility index (Phi) is 14.1. The third kappa shape index (κ3) is 7.96.